The van der Waals surface area contributed by atoms with E-state index in [1.54, 1.807) is 0 Å². The average Bonchev–Trinajstić information content (AvgIpc) is 2.95. The van der Waals surface area contributed by atoms with E-state index in [0.717, 1.165) is 23.4 Å². The summed E-state index contributed by atoms with van der Waals surface area (Å²) in [6, 6.07) is 8.05. The summed E-state index contributed by atoms with van der Waals surface area (Å²) in [5.41, 5.74) is 2.11. The lowest BCUT2D eigenvalue weighted by atomic mass is 10.3. The van der Waals surface area contributed by atoms with Gasteiger partial charge in [0.1, 0.15) is 5.82 Å². The Morgan fingerprint density at radius 3 is 2.88 bits per heavy atom. The molecule has 7 heteroatoms. The number of hydrogen-bond donors (Lipinski definition) is 1. The number of esters is 1. The van der Waals surface area contributed by atoms with Crippen LogP contribution in [0.1, 0.15) is 19.2 Å². The average molecular weight is 349 g/mol. The fourth-order valence-electron chi connectivity index (χ4n) is 2.45. The summed E-state index contributed by atoms with van der Waals surface area (Å²) in [6.45, 7) is 3.51. The first-order valence-electron chi connectivity index (χ1n) is 8.01. The van der Waals surface area contributed by atoms with Crippen LogP contribution < -0.4 is 5.32 Å². The van der Waals surface area contributed by atoms with Gasteiger partial charge in [0.05, 0.1) is 23.9 Å². The van der Waals surface area contributed by atoms with Crippen LogP contribution in [0.3, 0.4) is 0 Å². The minimum absolute atomic E-state index is 0.00785. The molecule has 1 aromatic carbocycles. The van der Waals surface area contributed by atoms with E-state index >= 15 is 0 Å². The zero-order valence-corrected chi connectivity index (χ0v) is 14.9. The van der Waals surface area contributed by atoms with Gasteiger partial charge in [-0.2, -0.15) is 0 Å². The third-order valence-corrected chi connectivity index (χ3v) is 4.57. The summed E-state index contributed by atoms with van der Waals surface area (Å²) < 4.78 is 6.72. The predicted octanol–water partition coefficient (Wildman–Crippen LogP) is 2.01. The second kappa shape index (κ2) is 9.32. The molecule has 0 radical (unpaired) electrons. The number of rotatable bonds is 9. The quantitative estimate of drug-likeness (QED) is 0.554. The van der Waals surface area contributed by atoms with Gasteiger partial charge < -0.3 is 14.6 Å². The summed E-state index contributed by atoms with van der Waals surface area (Å²) >= 11 is 1.40. The number of methoxy groups -OCH3 is 1. The SMILES string of the molecule is CCn1c(CCNC(=O)CCSCC(=O)OC)nc2ccccc21. The number of nitrogens with one attached hydrogen (secondary N) is 1. The van der Waals surface area contributed by atoms with E-state index in [1.165, 1.54) is 18.9 Å². The molecule has 1 N–H and O–H groups in total. The molecule has 0 atom stereocenters. The number of ether oxygens (including phenoxy) is 1. The number of amides is 1. The van der Waals surface area contributed by atoms with E-state index in [-0.39, 0.29) is 17.6 Å². The van der Waals surface area contributed by atoms with Crippen molar-refractivity contribution in [2.75, 3.05) is 25.2 Å². The molecule has 2 aromatic rings. The Balaban J connectivity index is 1.76. The van der Waals surface area contributed by atoms with Gasteiger partial charge in [0.25, 0.3) is 0 Å². The fourth-order valence-corrected chi connectivity index (χ4v) is 3.21. The van der Waals surface area contributed by atoms with Crippen molar-refractivity contribution in [2.24, 2.45) is 0 Å². The first-order chi connectivity index (χ1) is 11.7. The van der Waals surface area contributed by atoms with Crippen molar-refractivity contribution in [2.45, 2.75) is 26.3 Å². The molecule has 0 saturated heterocycles. The molecule has 0 fully saturated rings. The maximum Gasteiger partial charge on any atom is 0.315 e. The number of benzene rings is 1. The van der Waals surface area contributed by atoms with Gasteiger partial charge in [-0.05, 0) is 19.1 Å². The zero-order chi connectivity index (χ0) is 17.4. The largest absolute Gasteiger partial charge is 0.468 e. The minimum Gasteiger partial charge on any atom is -0.468 e. The van der Waals surface area contributed by atoms with Crippen molar-refractivity contribution >= 4 is 34.7 Å². The number of imidazole rings is 1. The zero-order valence-electron chi connectivity index (χ0n) is 14.1. The molecule has 6 nitrogen and oxygen atoms in total. The van der Waals surface area contributed by atoms with Crippen LogP contribution in [-0.2, 0) is 27.3 Å². The molecule has 2 rings (SSSR count). The van der Waals surface area contributed by atoms with Crippen LogP contribution in [0.2, 0.25) is 0 Å². The topological polar surface area (TPSA) is 73.2 Å². The van der Waals surface area contributed by atoms with Crippen LogP contribution in [0.15, 0.2) is 24.3 Å². The highest BCUT2D eigenvalue weighted by molar-refractivity contribution is 7.99. The molecule has 0 aliphatic heterocycles. The van der Waals surface area contributed by atoms with E-state index in [1.807, 2.05) is 18.2 Å². The number of thioether (sulfide) groups is 1. The van der Waals surface area contributed by atoms with Crippen molar-refractivity contribution in [3.05, 3.63) is 30.1 Å². The Morgan fingerprint density at radius 2 is 2.12 bits per heavy atom. The summed E-state index contributed by atoms with van der Waals surface area (Å²) in [6.07, 6.45) is 1.09. The van der Waals surface area contributed by atoms with Gasteiger partial charge >= 0.3 is 5.97 Å². The van der Waals surface area contributed by atoms with Gasteiger partial charge in [0.2, 0.25) is 5.91 Å². The van der Waals surface area contributed by atoms with Crippen molar-refractivity contribution in [1.29, 1.82) is 0 Å². The Kier molecular flexibility index (Phi) is 7.11. The first-order valence-corrected chi connectivity index (χ1v) is 9.16. The predicted molar refractivity (Wildman–Crippen MR) is 96.1 cm³/mol. The molecule has 130 valence electrons. The van der Waals surface area contributed by atoms with Gasteiger partial charge in [-0.15, -0.1) is 11.8 Å². The summed E-state index contributed by atoms with van der Waals surface area (Å²) in [7, 11) is 1.36. The molecule has 0 aliphatic carbocycles. The standard InChI is InChI=1S/C17H23N3O3S/c1-3-20-14-7-5-4-6-13(14)19-15(20)8-10-18-16(21)9-11-24-12-17(22)23-2/h4-7H,3,8-12H2,1-2H3,(H,18,21). The monoisotopic (exact) mass is 349 g/mol. The van der Waals surface area contributed by atoms with Crippen LogP contribution in [0.4, 0.5) is 0 Å². The van der Waals surface area contributed by atoms with Crippen LogP contribution in [0.5, 0.6) is 0 Å². The van der Waals surface area contributed by atoms with Crippen molar-refractivity contribution in [1.82, 2.24) is 14.9 Å². The second-order valence-corrected chi connectivity index (χ2v) is 6.34. The van der Waals surface area contributed by atoms with Crippen molar-refractivity contribution in [3.8, 4) is 0 Å². The van der Waals surface area contributed by atoms with E-state index in [9.17, 15) is 9.59 Å². The molecule has 0 bridgehead atoms. The molecule has 0 spiro atoms. The van der Waals surface area contributed by atoms with Gasteiger partial charge in [-0.3, -0.25) is 9.59 Å². The summed E-state index contributed by atoms with van der Waals surface area (Å²) in [5, 5.41) is 2.91. The van der Waals surface area contributed by atoms with Gasteiger partial charge in [-0.25, -0.2) is 4.98 Å². The van der Waals surface area contributed by atoms with E-state index < -0.39 is 0 Å². The van der Waals surface area contributed by atoms with E-state index in [4.69, 9.17) is 0 Å². The Morgan fingerprint density at radius 1 is 1.33 bits per heavy atom. The molecular formula is C17H23N3O3S. The van der Waals surface area contributed by atoms with Crippen LogP contribution >= 0.6 is 11.8 Å². The van der Waals surface area contributed by atoms with Gasteiger partial charge in [0.15, 0.2) is 0 Å². The summed E-state index contributed by atoms with van der Waals surface area (Å²) in [4.78, 5) is 27.4. The number of aromatic nitrogens is 2. The normalized spacial score (nSPS) is 10.8. The molecule has 1 aromatic heterocycles. The highest BCUT2D eigenvalue weighted by atomic mass is 32.2. The molecule has 1 amide bonds. The second-order valence-electron chi connectivity index (χ2n) is 5.24. The first kappa shape index (κ1) is 18.3. The lowest BCUT2D eigenvalue weighted by Crippen LogP contribution is -2.26. The van der Waals surface area contributed by atoms with Gasteiger partial charge in [0, 0.05) is 31.7 Å². The third kappa shape index (κ3) is 4.99. The fraction of sp³-hybridized carbons (Fsp3) is 0.471. The number of para-hydroxylation sites is 2. The number of fused-ring (bicyclic) bond motifs is 1. The highest BCUT2D eigenvalue weighted by Crippen LogP contribution is 2.16. The number of hydrogen-bond acceptors (Lipinski definition) is 5. The van der Waals surface area contributed by atoms with E-state index in [0.29, 0.717) is 25.1 Å². The molecule has 24 heavy (non-hydrogen) atoms. The minimum atomic E-state index is -0.265. The Hall–Kier alpha value is -2.02. The highest BCUT2D eigenvalue weighted by Gasteiger charge is 2.09. The number of nitrogens with zero attached hydrogens (tertiary/aromatic N) is 2. The Bertz CT molecular complexity index is 699. The van der Waals surface area contributed by atoms with E-state index in [2.05, 4.69) is 32.6 Å². The smallest absolute Gasteiger partial charge is 0.315 e. The van der Waals surface area contributed by atoms with Crippen LogP contribution in [0.25, 0.3) is 11.0 Å². The maximum atomic E-state index is 11.8. The molecule has 1 heterocycles. The number of aryl methyl sites for hydroxylation is 1. The Labute approximate surface area is 146 Å². The third-order valence-electron chi connectivity index (χ3n) is 3.64. The van der Waals surface area contributed by atoms with Crippen LogP contribution in [0, 0.1) is 0 Å². The summed E-state index contributed by atoms with van der Waals surface area (Å²) in [5.74, 6) is 1.60. The lowest BCUT2D eigenvalue weighted by molar-refractivity contribution is -0.137. The molecular weight excluding hydrogens is 326 g/mol. The molecule has 0 unspecified atom stereocenters. The van der Waals surface area contributed by atoms with Crippen molar-refractivity contribution in [3.63, 3.8) is 0 Å². The number of carbonyl (C=O) groups is 2. The van der Waals surface area contributed by atoms with Crippen molar-refractivity contribution < 1.29 is 14.3 Å². The number of carbonyl (C=O) groups excluding carboxylic acids is 2. The maximum absolute atomic E-state index is 11.8. The molecule has 0 aliphatic rings. The lowest BCUT2D eigenvalue weighted by Gasteiger charge is -2.07. The van der Waals surface area contributed by atoms with Gasteiger partial charge in [-0.1, -0.05) is 12.1 Å². The molecule has 0 saturated carbocycles. The van der Waals surface area contributed by atoms with Crippen LogP contribution in [-0.4, -0.2) is 46.6 Å².